The van der Waals surface area contributed by atoms with E-state index in [1.165, 1.54) is 0 Å². The van der Waals surface area contributed by atoms with Crippen LogP contribution in [-0.4, -0.2) is 38.1 Å². The molecule has 0 saturated carbocycles. The maximum atomic E-state index is 12.5. The Bertz CT molecular complexity index is 770. The lowest BCUT2D eigenvalue weighted by Crippen LogP contribution is -2.50. The Morgan fingerprint density at radius 1 is 0.964 bits per heavy atom. The van der Waals surface area contributed by atoms with Gasteiger partial charge in [0.05, 0.1) is 13.7 Å². The molecule has 150 valence electrons. The van der Waals surface area contributed by atoms with Crippen LogP contribution in [0.4, 0.5) is 0 Å². The van der Waals surface area contributed by atoms with Crippen molar-refractivity contribution in [3.05, 3.63) is 59.7 Å². The van der Waals surface area contributed by atoms with Crippen molar-refractivity contribution in [2.45, 2.75) is 26.8 Å². The number of carbonyl (C=O) groups excluding carboxylic acids is 2. The van der Waals surface area contributed by atoms with E-state index < -0.39 is 6.04 Å². The number of benzene rings is 2. The molecule has 1 atom stereocenters. The summed E-state index contributed by atoms with van der Waals surface area (Å²) < 4.78 is 10.7. The van der Waals surface area contributed by atoms with E-state index in [2.05, 4.69) is 10.6 Å². The average molecular weight is 384 g/mol. The number of hydrogen-bond donors (Lipinski definition) is 2. The molecule has 6 heteroatoms. The number of carbonyl (C=O) groups is 2. The SMILES string of the molecule is COc1ccc(C(=O)N[C@H](C(=O)NCCOc2ccc(C)cc2)C(C)C)cc1. The summed E-state index contributed by atoms with van der Waals surface area (Å²) in [4.78, 5) is 25.0. The molecule has 2 N–H and O–H groups in total. The summed E-state index contributed by atoms with van der Waals surface area (Å²) in [6, 6.07) is 13.8. The Hall–Kier alpha value is -3.02. The third-order valence-corrected chi connectivity index (χ3v) is 4.28. The van der Waals surface area contributed by atoms with Crippen LogP contribution in [0, 0.1) is 12.8 Å². The van der Waals surface area contributed by atoms with Crippen molar-refractivity contribution in [3.63, 3.8) is 0 Å². The molecule has 2 rings (SSSR count). The highest BCUT2D eigenvalue weighted by molar-refractivity contribution is 5.97. The first-order chi connectivity index (χ1) is 13.4. The fraction of sp³-hybridized carbons (Fsp3) is 0.364. The first kappa shape index (κ1) is 21.3. The van der Waals surface area contributed by atoms with Crippen LogP contribution >= 0.6 is 0 Å². The van der Waals surface area contributed by atoms with Crippen molar-refractivity contribution in [2.75, 3.05) is 20.3 Å². The molecule has 0 fully saturated rings. The third kappa shape index (κ3) is 6.30. The number of nitrogens with one attached hydrogen (secondary N) is 2. The molecular formula is C22H28N2O4. The Labute approximate surface area is 166 Å². The Morgan fingerprint density at radius 2 is 1.57 bits per heavy atom. The summed E-state index contributed by atoms with van der Waals surface area (Å²) in [6.07, 6.45) is 0. The summed E-state index contributed by atoms with van der Waals surface area (Å²) in [5.41, 5.74) is 1.63. The van der Waals surface area contributed by atoms with Gasteiger partial charge in [-0.3, -0.25) is 9.59 Å². The molecule has 0 unspecified atom stereocenters. The van der Waals surface area contributed by atoms with Crippen LogP contribution in [0.25, 0.3) is 0 Å². The van der Waals surface area contributed by atoms with Gasteiger partial charge >= 0.3 is 0 Å². The van der Waals surface area contributed by atoms with Crippen LogP contribution < -0.4 is 20.1 Å². The first-order valence-electron chi connectivity index (χ1n) is 9.33. The standard InChI is InChI=1S/C22H28N2O4/c1-15(2)20(24-21(25)17-7-11-18(27-4)12-8-17)22(26)23-13-14-28-19-9-5-16(3)6-10-19/h5-12,15,20H,13-14H2,1-4H3,(H,23,26)(H,24,25)/t20-/m0/s1. The van der Waals surface area contributed by atoms with E-state index in [1.807, 2.05) is 45.0 Å². The monoisotopic (exact) mass is 384 g/mol. The van der Waals surface area contributed by atoms with Crippen LogP contribution in [0.1, 0.15) is 29.8 Å². The van der Waals surface area contributed by atoms with Crippen molar-refractivity contribution in [1.29, 1.82) is 0 Å². The largest absolute Gasteiger partial charge is 0.497 e. The zero-order valence-corrected chi connectivity index (χ0v) is 16.8. The molecule has 2 aromatic carbocycles. The quantitative estimate of drug-likeness (QED) is 0.652. The van der Waals surface area contributed by atoms with Gasteiger partial charge in [-0.2, -0.15) is 0 Å². The highest BCUT2D eigenvalue weighted by Crippen LogP contribution is 2.13. The van der Waals surface area contributed by atoms with Crippen molar-refractivity contribution in [1.82, 2.24) is 10.6 Å². The Morgan fingerprint density at radius 3 is 2.14 bits per heavy atom. The van der Waals surface area contributed by atoms with Gasteiger partial charge in [-0.25, -0.2) is 0 Å². The van der Waals surface area contributed by atoms with E-state index in [0.29, 0.717) is 24.5 Å². The molecule has 6 nitrogen and oxygen atoms in total. The zero-order valence-electron chi connectivity index (χ0n) is 16.8. The summed E-state index contributed by atoms with van der Waals surface area (Å²) in [5.74, 6) is 0.841. The molecule has 0 radical (unpaired) electrons. The predicted octanol–water partition coefficient (Wildman–Crippen LogP) is 2.95. The van der Waals surface area contributed by atoms with Crippen LogP contribution in [0.3, 0.4) is 0 Å². The molecule has 0 aromatic heterocycles. The number of aryl methyl sites for hydroxylation is 1. The van der Waals surface area contributed by atoms with Crippen molar-refractivity contribution < 1.29 is 19.1 Å². The normalized spacial score (nSPS) is 11.6. The van der Waals surface area contributed by atoms with Crippen LogP contribution in [0.5, 0.6) is 11.5 Å². The van der Waals surface area contributed by atoms with Gasteiger partial charge < -0.3 is 20.1 Å². The van der Waals surface area contributed by atoms with Gasteiger partial charge in [0, 0.05) is 5.56 Å². The van der Waals surface area contributed by atoms with E-state index in [0.717, 1.165) is 11.3 Å². The van der Waals surface area contributed by atoms with E-state index >= 15 is 0 Å². The van der Waals surface area contributed by atoms with Gasteiger partial charge in [0.1, 0.15) is 24.1 Å². The van der Waals surface area contributed by atoms with Crippen molar-refractivity contribution in [2.24, 2.45) is 5.92 Å². The number of rotatable bonds is 9. The second kappa shape index (κ2) is 10.3. The zero-order chi connectivity index (χ0) is 20.5. The molecule has 0 saturated heterocycles. The minimum absolute atomic E-state index is 0.0554. The lowest BCUT2D eigenvalue weighted by atomic mass is 10.0. The molecule has 0 spiro atoms. The van der Waals surface area contributed by atoms with Gasteiger partial charge in [0.2, 0.25) is 5.91 Å². The lowest BCUT2D eigenvalue weighted by molar-refractivity contribution is -0.124. The number of hydrogen-bond acceptors (Lipinski definition) is 4. The topological polar surface area (TPSA) is 76.7 Å². The van der Waals surface area contributed by atoms with Gasteiger partial charge in [0.15, 0.2) is 0 Å². The molecule has 2 aromatic rings. The van der Waals surface area contributed by atoms with E-state index in [9.17, 15) is 9.59 Å². The van der Waals surface area contributed by atoms with Gasteiger partial charge in [-0.15, -0.1) is 0 Å². The lowest BCUT2D eigenvalue weighted by Gasteiger charge is -2.22. The van der Waals surface area contributed by atoms with Gasteiger partial charge in [-0.05, 0) is 49.2 Å². The number of ether oxygens (including phenoxy) is 2. The summed E-state index contributed by atoms with van der Waals surface area (Å²) in [5, 5.41) is 5.62. The third-order valence-electron chi connectivity index (χ3n) is 4.28. The molecule has 0 aliphatic carbocycles. The molecule has 0 bridgehead atoms. The molecular weight excluding hydrogens is 356 g/mol. The summed E-state index contributed by atoms with van der Waals surface area (Å²) in [6.45, 7) is 6.50. The van der Waals surface area contributed by atoms with Gasteiger partial charge in [0.25, 0.3) is 5.91 Å². The second-order valence-corrected chi connectivity index (χ2v) is 6.88. The highest BCUT2D eigenvalue weighted by atomic mass is 16.5. The fourth-order valence-corrected chi connectivity index (χ4v) is 2.59. The average Bonchev–Trinajstić information content (AvgIpc) is 2.70. The summed E-state index contributed by atoms with van der Waals surface area (Å²) in [7, 11) is 1.57. The molecule has 0 aliphatic heterocycles. The maximum Gasteiger partial charge on any atom is 0.251 e. The summed E-state index contributed by atoms with van der Waals surface area (Å²) >= 11 is 0. The van der Waals surface area contributed by atoms with E-state index in [1.54, 1.807) is 31.4 Å². The number of methoxy groups -OCH3 is 1. The van der Waals surface area contributed by atoms with Crippen molar-refractivity contribution >= 4 is 11.8 Å². The fourth-order valence-electron chi connectivity index (χ4n) is 2.59. The molecule has 0 heterocycles. The minimum Gasteiger partial charge on any atom is -0.497 e. The molecule has 2 amide bonds. The van der Waals surface area contributed by atoms with E-state index in [4.69, 9.17) is 9.47 Å². The van der Waals surface area contributed by atoms with E-state index in [-0.39, 0.29) is 17.7 Å². The Kier molecular flexibility index (Phi) is 7.87. The minimum atomic E-state index is -0.631. The van der Waals surface area contributed by atoms with Crippen LogP contribution in [0.2, 0.25) is 0 Å². The van der Waals surface area contributed by atoms with Crippen molar-refractivity contribution in [3.8, 4) is 11.5 Å². The molecule has 28 heavy (non-hydrogen) atoms. The maximum absolute atomic E-state index is 12.5. The first-order valence-corrected chi connectivity index (χ1v) is 9.33. The van der Waals surface area contributed by atoms with Gasteiger partial charge in [-0.1, -0.05) is 31.5 Å². The number of amides is 2. The van der Waals surface area contributed by atoms with Crippen LogP contribution in [0.15, 0.2) is 48.5 Å². The second-order valence-electron chi connectivity index (χ2n) is 6.88. The molecule has 0 aliphatic rings. The smallest absolute Gasteiger partial charge is 0.251 e. The highest BCUT2D eigenvalue weighted by Gasteiger charge is 2.24. The van der Waals surface area contributed by atoms with Crippen LogP contribution in [-0.2, 0) is 4.79 Å². The predicted molar refractivity (Wildman–Crippen MR) is 109 cm³/mol. The Balaban J connectivity index is 1.84.